The molecular formula is C12H23NO4. The molecule has 0 saturated carbocycles. The SMILES string of the molecule is CCOC(=O)CCN(C)C(=O)CC(C)(C)OC. The summed E-state index contributed by atoms with van der Waals surface area (Å²) in [6.07, 6.45) is 0.520. The maximum Gasteiger partial charge on any atom is 0.307 e. The normalized spacial score (nSPS) is 11.1. The van der Waals surface area contributed by atoms with Crippen LogP contribution in [0, 0.1) is 0 Å². The molecule has 0 rings (SSSR count). The van der Waals surface area contributed by atoms with E-state index in [9.17, 15) is 9.59 Å². The number of amides is 1. The van der Waals surface area contributed by atoms with Crippen molar-refractivity contribution in [1.29, 1.82) is 0 Å². The summed E-state index contributed by atoms with van der Waals surface area (Å²) in [5.41, 5.74) is -0.477. The molecule has 17 heavy (non-hydrogen) atoms. The third kappa shape index (κ3) is 6.94. The van der Waals surface area contributed by atoms with Crippen molar-refractivity contribution in [2.45, 2.75) is 39.2 Å². The van der Waals surface area contributed by atoms with Crippen LogP contribution in [0.3, 0.4) is 0 Å². The molecule has 0 aromatic rings. The Morgan fingerprint density at radius 3 is 2.35 bits per heavy atom. The largest absolute Gasteiger partial charge is 0.466 e. The molecule has 0 saturated heterocycles. The third-order valence-corrected chi connectivity index (χ3v) is 2.51. The maximum atomic E-state index is 11.8. The second kappa shape index (κ2) is 7.27. The smallest absolute Gasteiger partial charge is 0.307 e. The van der Waals surface area contributed by atoms with Gasteiger partial charge in [0.1, 0.15) is 0 Å². The highest BCUT2D eigenvalue weighted by Crippen LogP contribution is 2.14. The molecule has 0 fully saturated rings. The van der Waals surface area contributed by atoms with Crippen LogP contribution in [0.5, 0.6) is 0 Å². The highest BCUT2D eigenvalue weighted by molar-refractivity contribution is 5.77. The van der Waals surface area contributed by atoms with Crippen molar-refractivity contribution in [3.63, 3.8) is 0 Å². The van der Waals surface area contributed by atoms with Gasteiger partial charge < -0.3 is 14.4 Å². The van der Waals surface area contributed by atoms with Crippen LogP contribution < -0.4 is 0 Å². The van der Waals surface area contributed by atoms with E-state index in [1.807, 2.05) is 13.8 Å². The van der Waals surface area contributed by atoms with Gasteiger partial charge in [-0.2, -0.15) is 0 Å². The monoisotopic (exact) mass is 245 g/mol. The maximum absolute atomic E-state index is 11.8. The molecule has 0 radical (unpaired) electrons. The molecule has 0 atom stereocenters. The summed E-state index contributed by atoms with van der Waals surface area (Å²) >= 11 is 0. The number of hydrogen-bond acceptors (Lipinski definition) is 4. The number of nitrogens with zero attached hydrogens (tertiary/aromatic N) is 1. The lowest BCUT2D eigenvalue weighted by Crippen LogP contribution is -2.36. The standard InChI is InChI=1S/C12H23NO4/c1-6-17-11(15)7-8-13(4)10(14)9-12(2,3)16-5/h6-9H2,1-5H3. The van der Waals surface area contributed by atoms with Crippen molar-refractivity contribution in [1.82, 2.24) is 4.90 Å². The zero-order valence-electron chi connectivity index (χ0n) is 11.4. The first kappa shape index (κ1) is 15.9. The van der Waals surface area contributed by atoms with E-state index in [0.29, 0.717) is 19.6 Å². The van der Waals surface area contributed by atoms with Crippen LogP contribution in [-0.4, -0.2) is 49.7 Å². The number of methoxy groups -OCH3 is 1. The predicted octanol–water partition coefficient (Wildman–Crippen LogP) is 1.21. The molecule has 100 valence electrons. The molecule has 0 N–H and O–H groups in total. The topological polar surface area (TPSA) is 55.8 Å². The molecule has 0 spiro atoms. The van der Waals surface area contributed by atoms with Gasteiger partial charge in [0.25, 0.3) is 0 Å². The summed E-state index contributed by atoms with van der Waals surface area (Å²) in [5, 5.41) is 0. The van der Waals surface area contributed by atoms with Gasteiger partial charge in [-0.1, -0.05) is 0 Å². The Balaban J connectivity index is 4.02. The fourth-order valence-electron chi connectivity index (χ4n) is 1.19. The Bertz CT molecular complexity index is 263. The fourth-order valence-corrected chi connectivity index (χ4v) is 1.19. The summed E-state index contributed by atoms with van der Waals surface area (Å²) in [4.78, 5) is 24.4. The Morgan fingerprint density at radius 1 is 1.29 bits per heavy atom. The van der Waals surface area contributed by atoms with Gasteiger partial charge in [-0.05, 0) is 20.8 Å². The molecule has 0 aliphatic heterocycles. The molecular weight excluding hydrogens is 222 g/mol. The van der Waals surface area contributed by atoms with Crippen LogP contribution in [0.15, 0.2) is 0 Å². The Morgan fingerprint density at radius 2 is 1.88 bits per heavy atom. The van der Waals surface area contributed by atoms with E-state index in [4.69, 9.17) is 9.47 Å². The van der Waals surface area contributed by atoms with Crippen LogP contribution in [0.25, 0.3) is 0 Å². The second-order valence-electron chi connectivity index (χ2n) is 4.51. The summed E-state index contributed by atoms with van der Waals surface area (Å²) < 4.78 is 9.98. The Labute approximate surface area is 103 Å². The second-order valence-corrected chi connectivity index (χ2v) is 4.51. The zero-order chi connectivity index (χ0) is 13.5. The summed E-state index contributed by atoms with van der Waals surface area (Å²) in [6.45, 7) is 6.20. The van der Waals surface area contributed by atoms with E-state index < -0.39 is 5.60 Å². The van der Waals surface area contributed by atoms with Gasteiger partial charge in [0, 0.05) is 20.7 Å². The molecule has 0 heterocycles. The van der Waals surface area contributed by atoms with Gasteiger partial charge in [0.2, 0.25) is 5.91 Å². The van der Waals surface area contributed by atoms with E-state index in [1.54, 1.807) is 21.1 Å². The van der Waals surface area contributed by atoms with Crippen molar-refractivity contribution in [2.24, 2.45) is 0 Å². The molecule has 0 unspecified atom stereocenters. The van der Waals surface area contributed by atoms with Gasteiger partial charge >= 0.3 is 5.97 Å². The van der Waals surface area contributed by atoms with Crippen LogP contribution in [-0.2, 0) is 19.1 Å². The van der Waals surface area contributed by atoms with Gasteiger partial charge in [-0.25, -0.2) is 0 Å². The lowest BCUT2D eigenvalue weighted by molar-refractivity contribution is -0.144. The van der Waals surface area contributed by atoms with Crippen LogP contribution in [0.4, 0.5) is 0 Å². The lowest BCUT2D eigenvalue weighted by atomic mass is 10.0. The average Bonchev–Trinajstić information content (AvgIpc) is 2.25. The molecule has 0 aromatic heterocycles. The molecule has 0 aliphatic rings. The van der Waals surface area contributed by atoms with Crippen molar-refractivity contribution < 1.29 is 19.1 Å². The fraction of sp³-hybridized carbons (Fsp3) is 0.833. The van der Waals surface area contributed by atoms with Gasteiger partial charge in [0.05, 0.1) is 25.0 Å². The lowest BCUT2D eigenvalue weighted by Gasteiger charge is -2.25. The molecule has 0 aromatic carbocycles. The van der Waals surface area contributed by atoms with Crippen molar-refractivity contribution in [3.05, 3.63) is 0 Å². The summed E-state index contributed by atoms with van der Waals surface area (Å²) in [7, 11) is 3.25. The number of esters is 1. The van der Waals surface area contributed by atoms with Gasteiger partial charge in [0.15, 0.2) is 0 Å². The van der Waals surface area contributed by atoms with E-state index in [-0.39, 0.29) is 18.3 Å². The van der Waals surface area contributed by atoms with Gasteiger partial charge in [-0.15, -0.1) is 0 Å². The predicted molar refractivity (Wildman–Crippen MR) is 64.6 cm³/mol. The third-order valence-electron chi connectivity index (χ3n) is 2.51. The molecule has 1 amide bonds. The molecule has 0 aliphatic carbocycles. The Hall–Kier alpha value is -1.10. The number of carbonyl (C=O) groups excluding carboxylic acids is 2. The van der Waals surface area contributed by atoms with E-state index in [0.717, 1.165) is 0 Å². The van der Waals surface area contributed by atoms with Crippen LogP contribution in [0.2, 0.25) is 0 Å². The summed E-state index contributed by atoms with van der Waals surface area (Å²) in [5.74, 6) is -0.320. The minimum Gasteiger partial charge on any atom is -0.466 e. The van der Waals surface area contributed by atoms with E-state index in [2.05, 4.69) is 0 Å². The van der Waals surface area contributed by atoms with E-state index in [1.165, 1.54) is 4.90 Å². The first-order valence-corrected chi connectivity index (χ1v) is 5.77. The molecule has 0 bridgehead atoms. The molecule has 5 nitrogen and oxygen atoms in total. The van der Waals surface area contributed by atoms with Gasteiger partial charge in [-0.3, -0.25) is 9.59 Å². The van der Waals surface area contributed by atoms with Crippen LogP contribution in [0.1, 0.15) is 33.6 Å². The van der Waals surface area contributed by atoms with E-state index >= 15 is 0 Å². The molecule has 5 heteroatoms. The highest BCUT2D eigenvalue weighted by atomic mass is 16.5. The number of carbonyl (C=O) groups is 2. The Kier molecular flexibility index (Phi) is 6.80. The van der Waals surface area contributed by atoms with Crippen LogP contribution >= 0.6 is 0 Å². The van der Waals surface area contributed by atoms with Crippen molar-refractivity contribution >= 4 is 11.9 Å². The van der Waals surface area contributed by atoms with Crippen molar-refractivity contribution in [2.75, 3.05) is 27.3 Å². The first-order chi connectivity index (χ1) is 7.82. The minimum atomic E-state index is -0.477. The quantitative estimate of drug-likeness (QED) is 0.633. The zero-order valence-corrected chi connectivity index (χ0v) is 11.4. The average molecular weight is 245 g/mol. The highest BCUT2D eigenvalue weighted by Gasteiger charge is 2.23. The summed E-state index contributed by atoms with van der Waals surface area (Å²) in [6, 6.07) is 0. The number of rotatable bonds is 7. The first-order valence-electron chi connectivity index (χ1n) is 5.77. The number of ether oxygens (including phenoxy) is 2. The number of hydrogen-bond donors (Lipinski definition) is 0. The minimum absolute atomic E-state index is 0.0406. The van der Waals surface area contributed by atoms with Crippen molar-refractivity contribution in [3.8, 4) is 0 Å².